The highest BCUT2D eigenvalue weighted by atomic mass is 19.4. The van der Waals surface area contributed by atoms with E-state index in [0.717, 1.165) is 56.6 Å². The first-order chi connectivity index (χ1) is 12.9. The Bertz CT molecular complexity index is 566. The molecule has 1 amide bonds. The van der Waals surface area contributed by atoms with Crippen LogP contribution in [0.1, 0.15) is 63.0 Å². The van der Waals surface area contributed by atoms with Crippen LogP contribution in [0.2, 0.25) is 0 Å². The number of nitrogens with zero attached hydrogens (tertiary/aromatic N) is 2. The van der Waals surface area contributed by atoms with Crippen LogP contribution >= 0.6 is 0 Å². The highest BCUT2D eigenvalue weighted by Gasteiger charge is 2.30. The number of hydrogen-bond acceptors (Lipinski definition) is 2. The molecule has 1 heterocycles. The zero-order valence-electron chi connectivity index (χ0n) is 16.2. The molecule has 1 saturated heterocycles. The number of alkyl halides is 3. The molecule has 0 aliphatic carbocycles. The number of halogens is 3. The molecule has 2 rings (SSSR count). The molecule has 27 heavy (non-hydrogen) atoms. The van der Waals surface area contributed by atoms with E-state index in [0.29, 0.717) is 19.5 Å². The SMILES string of the molecule is CCCCCC(=O)N(CCN1CCCCC1)Cc1ccc(C(F)(F)F)cc1. The summed E-state index contributed by atoms with van der Waals surface area (Å²) in [5.74, 6) is 0.0976. The second-order valence-corrected chi connectivity index (χ2v) is 7.37. The summed E-state index contributed by atoms with van der Waals surface area (Å²) >= 11 is 0. The summed E-state index contributed by atoms with van der Waals surface area (Å²) in [5, 5.41) is 0. The van der Waals surface area contributed by atoms with Crippen LogP contribution in [-0.2, 0) is 17.5 Å². The van der Waals surface area contributed by atoms with Gasteiger partial charge in [0.05, 0.1) is 5.56 Å². The Morgan fingerprint density at radius 1 is 1.07 bits per heavy atom. The molecule has 1 fully saturated rings. The van der Waals surface area contributed by atoms with Gasteiger partial charge in [0.1, 0.15) is 0 Å². The lowest BCUT2D eigenvalue weighted by atomic mass is 10.1. The molecule has 1 aromatic carbocycles. The van der Waals surface area contributed by atoms with Crippen LogP contribution in [0.25, 0.3) is 0 Å². The minimum atomic E-state index is -4.33. The Labute approximate surface area is 160 Å². The van der Waals surface area contributed by atoms with Crippen molar-refractivity contribution in [3.63, 3.8) is 0 Å². The van der Waals surface area contributed by atoms with E-state index >= 15 is 0 Å². The highest BCUT2D eigenvalue weighted by Crippen LogP contribution is 2.29. The predicted molar refractivity (Wildman–Crippen MR) is 101 cm³/mol. The molecule has 0 aromatic heterocycles. The summed E-state index contributed by atoms with van der Waals surface area (Å²) in [6.07, 6.45) is 2.78. The van der Waals surface area contributed by atoms with Crippen molar-refractivity contribution in [1.29, 1.82) is 0 Å². The summed E-state index contributed by atoms with van der Waals surface area (Å²) in [6.45, 7) is 6.07. The van der Waals surface area contributed by atoms with Gasteiger partial charge in [-0.3, -0.25) is 4.79 Å². The first-order valence-corrected chi connectivity index (χ1v) is 10.1. The molecule has 0 saturated carbocycles. The van der Waals surface area contributed by atoms with Gasteiger partial charge in [-0.2, -0.15) is 13.2 Å². The van der Waals surface area contributed by atoms with Crippen molar-refractivity contribution in [3.8, 4) is 0 Å². The van der Waals surface area contributed by atoms with Gasteiger partial charge in [-0.05, 0) is 50.0 Å². The molecule has 1 aliphatic heterocycles. The van der Waals surface area contributed by atoms with Crippen molar-refractivity contribution in [3.05, 3.63) is 35.4 Å². The van der Waals surface area contributed by atoms with E-state index in [4.69, 9.17) is 0 Å². The van der Waals surface area contributed by atoms with Gasteiger partial charge >= 0.3 is 6.18 Å². The number of unbranched alkanes of at least 4 members (excludes halogenated alkanes) is 2. The summed E-state index contributed by atoms with van der Waals surface area (Å²) in [6, 6.07) is 5.16. The molecule has 0 spiro atoms. The van der Waals surface area contributed by atoms with Crippen LogP contribution in [0.3, 0.4) is 0 Å². The fourth-order valence-corrected chi connectivity index (χ4v) is 3.44. The van der Waals surface area contributed by atoms with Gasteiger partial charge in [-0.1, -0.05) is 38.3 Å². The largest absolute Gasteiger partial charge is 0.416 e. The number of hydrogen-bond donors (Lipinski definition) is 0. The maximum absolute atomic E-state index is 12.7. The summed E-state index contributed by atoms with van der Waals surface area (Å²) in [4.78, 5) is 16.8. The lowest BCUT2D eigenvalue weighted by Crippen LogP contribution is -2.40. The van der Waals surface area contributed by atoms with E-state index in [2.05, 4.69) is 11.8 Å². The maximum Gasteiger partial charge on any atom is 0.416 e. The van der Waals surface area contributed by atoms with E-state index in [9.17, 15) is 18.0 Å². The monoisotopic (exact) mass is 384 g/mol. The van der Waals surface area contributed by atoms with Crippen molar-refractivity contribution in [2.45, 2.75) is 64.6 Å². The van der Waals surface area contributed by atoms with Gasteiger partial charge in [-0.15, -0.1) is 0 Å². The molecule has 152 valence electrons. The van der Waals surface area contributed by atoms with Crippen LogP contribution in [-0.4, -0.2) is 41.9 Å². The Hall–Kier alpha value is -1.56. The molecule has 1 aromatic rings. The summed E-state index contributed by atoms with van der Waals surface area (Å²) in [7, 11) is 0. The van der Waals surface area contributed by atoms with Crippen LogP contribution in [0.4, 0.5) is 13.2 Å². The third-order valence-corrected chi connectivity index (χ3v) is 5.14. The number of benzene rings is 1. The minimum absolute atomic E-state index is 0.0976. The predicted octanol–water partition coefficient (Wildman–Crippen LogP) is 5.10. The van der Waals surface area contributed by atoms with Crippen LogP contribution < -0.4 is 0 Å². The molecular formula is C21H31F3N2O. The van der Waals surface area contributed by atoms with E-state index in [1.807, 2.05) is 4.90 Å². The van der Waals surface area contributed by atoms with E-state index in [-0.39, 0.29) is 5.91 Å². The van der Waals surface area contributed by atoms with Crippen molar-refractivity contribution in [1.82, 2.24) is 9.80 Å². The van der Waals surface area contributed by atoms with Gasteiger partial charge < -0.3 is 9.80 Å². The molecule has 0 atom stereocenters. The normalized spacial score (nSPS) is 15.7. The molecule has 6 heteroatoms. The Balaban J connectivity index is 1.98. The zero-order valence-corrected chi connectivity index (χ0v) is 16.2. The highest BCUT2D eigenvalue weighted by molar-refractivity contribution is 5.76. The smallest absolute Gasteiger partial charge is 0.337 e. The molecule has 1 aliphatic rings. The first kappa shape index (κ1) is 21.7. The van der Waals surface area contributed by atoms with Crippen molar-refractivity contribution < 1.29 is 18.0 Å². The molecule has 3 nitrogen and oxygen atoms in total. The van der Waals surface area contributed by atoms with Gasteiger partial charge in [0.15, 0.2) is 0 Å². The number of rotatable bonds is 9. The summed E-state index contributed by atoms with van der Waals surface area (Å²) in [5.41, 5.74) is 0.0888. The lowest BCUT2D eigenvalue weighted by Gasteiger charge is -2.30. The van der Waals surface area contributed by atoms with E-state index in [1.54, 1.807) is 0 Å². The first-order valence-electron chi connectivity index (χ1n) is 10.1. The van der Waals surface area contributed by atoms with Gasteiger partial charge in [0.25, 0.3) is 0 Å². The number of piperidine rings is 1. The topological polar surface area (TPSA) is 23.6 Å². The Morgan fingerprint density at radius 3 is 2.33 bits per heavy atom. The van der Waals surface area contributed by atoms with Gasteiger partial charge in [-0.25, -0.2) is 0 Å². The van der Waals surface area contributed by atoms with E-state index < -0.39 is 11.7 Å². The lowest BCUT2D eigenvalue weighted by molar-refractivity contribution is -0.137. The van der Waals surface area contributed by atoms with Crippen molar-refractivity contribution >= 4 is 5.91 Å². The maximum atomic E-state index is 12.7. The third kappa shape index (κ3) is 7.53. The number of carbonyl (C=O) groups is 1. The number of carbonyl (C=O) groups excluding carboxylic acids is 1. The molecule has 0 radical (unpaired) electrons. The van der Waals surface area contributed by atoms with Crippen LogP contribution in [0.15, 0.2) is 24.3 Å². The zero-order chi connectivity index (χ0) is 19.7. The quantitative estimate of drug-likeness (QED) is 0.553. The molecular weight excluding hydrogens is 353 g/mol. The van der Waals surface area contributed by atoms with Crippen molar-refractivity contribution in [2.75, 3.05) is 26.2 Å². The number of amides is 1. The fraction of sp³-hybridized carbons (Fsp3) is 0.667. The minimum Gasteiger partial charge on any atom is -0.337 e. The molecule has 0 bridgehead atoms. The van der Waals surface area contributed by atoms with E-state index in [1.165, 1.54) is 31.4 Å². The Morgan fingerprint density at radius 2 is 1.74 bits per heavy atom. The van der Waals surface area contributed by atoms with Gasteiger partial charge in [0.2, 0.25) is 5.91 Å². The fourth-order valence-electron chi connectivity index (χ4n) is 3.44. The average Bonchev–Trinajstić information content (AvgIpc) is 2.65. The second-order valence-electron chi connectivity index (χ2n) is 7.37. The Kier molecular flexibility index (Phi) is 8.61. The third-order valence-electron chi connectivity index (χ3n) is 5.14. The van der Waals surface area contributed by atoms with Crippen LogP contribution in [0, 0.1) is 0 Å². The second kappa shape index (κ2) is 10.7. The number of likely N-dealkylation sites (tertiary alicyclic amines) is 1. The average molecular weight is 384 g/mol. The van der Waals surface area contributed by atoms with Crippen LogP contribution in [0.5, 0.6) is 0 Å². The van der Waals surface area contributed by atoms with Gasteiger partial charge in [0, 0.05) is 26.1 Å². The standard InChI is InChI=1S/C21H31F3N2O/c1-2-3-5-8-20(27)26(16-15-25-13-6-4-7-14-25)17-18-9-11-19(12-10-18)21(22,23)24/h9-12H,2-8,13-17H2,1H3. The summed E-state index contributed by atoms with van der Waals surface area (Å²) < 4.78 is 38.2. The molecule has 0 unspecified atom stereocenters. The molecule has 0 N–H and O–H groups in total. The van der Waals surface area contributed by atoms with Crippen molar-refractivity contribution in [2.24, 2.45) is 0 Å².